The maximum Gasteiger partial charge on any atom is 0.0479 e. The number of rotatable bonds is 2. The van der Waals surface area contributed by atoms with Crippen molar-refractivity contribution in [2.24, 2.45) is 5.73 Å². The van der Waals surface area contributed by atoms with Crippen LogP contribution in [0.5, 0.6) is 0 Å². The lowest BCUT2D eigenvalue weighted by Gasteiger charge is -2.42. The Morgan fingerprint density at radius 2 is 1.65 bits per heavy atom. The van der Waals surface area contributed by atoms with E-state index in [1.807, 2.05) is 0 Å². The number of nitrogens with two attached hydrogens (primary N) is 1. The van der Waals surface area contributed by atoms with Gasteiger partial charge in [-0.3, -0.25) is 0 Å². The molecule has 2 unspecified atom stereocenters. The molecule has 0 radical (unpaired) electrons. The molecule has 0 aliphatic heterocycles. The van der Waals surface area contributed by atoms with E-state index in [0.717, 1.165) is 6.42 Å². The molecule has 0 bridgehead atoms. The molecule has 1 aliphatic carbocycles. The second-order valence-corrected chi connectivity index (χ2v) is 6.12. The maximum absolute atomic E-state index is 6.89. The van der Waals surface area contributed by atoms with E-state index in [1.54, 1.807) is 0 Å². The van der Waals surface area contributed by atoms with Gasteiger partial charge in [-0.2, -0.15) is 0 Å². The predicted octanol–water partition coefficient (Wildman–Crippen LogP) is 4.51. The van der Waals surface area contributed by atoms with Crippen LogP contribution in [-0.4, -0.2) is 0 Å². The maximum atomic E-state index is 6.89. The summed E-state index contributed by atoms with van der Waals surface area (Å²) < 4.78 is 0. The molecule has 0 spiro atoms. The Labute approximate surface area is 121 Å². The van der Waals surface area contributed by atoms with Crippen molar-refractivity contribution in [2.45, 2.75) is 44.1 Å². The fraction of sp³-hybridized carbons (Fsp3) is 0.368. The van der Waals surface area contributed by atoms with E-state index in [-0.39, 0.29) is 5.54 Å². The molecule has 0 amide bonds. The first-order valence-corrected chi connectivity index (χ1v) is 7.61. The molecule has 20 heavy (non-hydrogen) atoms. The normalized spacial score (nSPS) is 26.4. The highest BCUT2D eigenvalue weighted by molar-refractivity contribution is 5.34. The van der Waals surface area contributed by atoms with Crippen LogP contribution in [0.4, 0.5) is 0 Å². The number of hydrogen-bond acceptors (Lipinski definition) is 1. The largest absolute Gasteiger partial charge is 0.321 e. The highest BCUT2D eigenvalue weighted by atomic mass is 14.8. The van der Waals surface area contributed by atoms with E-state index < -0.39 is 0 Å². The fourth-order valence-electron chi connectivity index (χ4n) is 3.55. The minimum absolute atomic E-state index is 0.214. The first kappa shape index (κ1) is 13.4. The van der Waals surface area contributed by atoms with Gasteiger partial charge in [0.1, 0.15) is 0 Å². The zero-order valence-electron chi connectivity index (χ0n) is 12.2. The van der Waals surface area contributed by atoms with E-state index in [4.69, 9.17) is 5.73 Å². The van der Waals surface area contributed by atoms with Gasteiger partial charge in [0, 0.05) is 11.5 Å². The Kier molecular flexibility index (Phi) is 3.62. The minimum Gasteiger partial charge on any atom is -0.321 e. The van der Waals surface area contributed by atoms with Crippen molar-refractivity contribution in [1.29, 1.82) is 0 Å². The molecule has 0 saturated heterocycles. The lowest BCUT2D eigenvalue weighted by molar-refractivity contribution is 0.254. The molecule has 2 aromatic carbocycles. The third-order valence-electron chi connectivity index (χ3n) is 4.75. The van der Waals surface area contributed by atoms with Crippen LogP contribution in [0.15, 0.2) is 54.6 Å². The number of hydrogen-bond donors (Lipinski definition) is 1. The van der Waals surface area contributed by atoms with Crippen molar-refractivity contribution in [1.82, 2.24) is 0 Å². The predicted molar refractivity (Wildman–Crippen MR) is 84.7 cm³/mol. The quantitative estimate of drug-likeness (QED) is 0.849. The summed E-state index contributed by atoms with van der Waals surface area (Å²) in [5, 5.41) is 0. The monoisotopic (exact) mass is 265 g/mol. The van der Waals surface area contributed by atoms with Gasteiger partial charge >= 0.3 is 0 Å². The van der Waals surface area contributed by atoms with Crippen molar-refractivity contribution >= 4 is 0 Å². The summed E-state index contributed by atoms with van der Waals surface area (Å²) in [6, 6.07) is 19.6. The smallest absolute Gasteiger partial charge is 0.0479 e. The van der Waals surface area contributed by atoms with Gasteiger partial charge in [-0.1, -0.05) is 73.0 Å². The van der Waals surface area contributed by atoms with Crippen LogP contribution in [0, 0.1) is 6.92 Å². The van der Waals surface area contributed by atoms with Crippen molar-refractivity contribution in [3.8, 4) is 0 Å². The Balaban J connectivity index is 2.01. The minimum atomic E-state index is -0.214. The topological polar surface area (TPSA) is 26.0 Å². The van der Waals surface area contributed by atoms with Crippen molar-refractivity contribution in [3.63, 3.8) is 0 Å². The third kappa shape index (κ3) is 2.38. The molecule has 2 atom stereocenters. The molecular weight excluding hydrogens is 242 g/mol. The van der Waals surface area contributed by atoms with Gasteiger partial charge in [-0.15, -0.1) is 0 Å². The van der Waals surface area contributed by atoms with Crippen LogP contribution in [0.25, 0.3) is 0 Å². The zero-order valence-corrected chi connectivity index (χ0v) is 12.2. The van der Waals surface area contributed by atoms with Crippen LogP contribution in [0.3, 0.4) is 0 Å². The molecule has 2 N–H and O–H groups in total. The van der Waals surface area contributed by atoms with Crippen LogP contribution in [0.2, 0.25) is 0 Å². The molecule has 1 saturated carbocycles. The molecule has 0 heterocycles. The number of aryl methyl sites for hydroxylation is 1. The van der Waals surface area contributed by atoms with E-state index in [1.165, 1.54) is 36.0 Å². The van der Waals surface area contributed by atoms with E-state index in [9.17, 15) is 0 Å². The first-order valence-electron chi connectivity index (χ1n) is 7.61. The van der Waals surface area contributed by atoms with Gasteiger partial charge in [-0.05, 0) is 30.9 Å². The van der Waals surface area contributed by atoms with Crippen molar-refractivity contribution < 1.29 is 0 Å². The van der Waals surface area contributed by atoms with Gasteiger partial charge in [0.15, 0.2) is 0 Å². The Hall–Kier alpha value is -1.60. The average molecular weight is 265 g/mol. The highest BCUT2D eigenvalue weighted by Crippen LogP contribution is 2.45. The van der Waals surface area contributed by atoms with Crippen LogP contribution in [-0.2, 0) is 5.54 Å². The summed E-state index contributed by atoms with van der Waals surface area (Å²) in [4.78, 5) is 0. The Bertz CT molecular complexity index is 558. The molecule has 1 heteroatoms. The van der Waals surface area contributed by atoms with Crippen LogP contribution in [0.1, 0.15) is 48.3 Å². The third-order valence-corrected chi connectivity index (χ3v) is 4.75. The Morgan fingerprint density at radius 3 is 2.35 bits per heavy atom. The summed E-state index contributed by atoms with van der Waals surface area (Å²) in [7, 11) is 0. The standard InChI is InChI=1S/C19H23N/c1-15-10-12-16(13-11-15)18-9-5-6-14-19(18,20)17-7-3-2-4-8-17/h2-4,7-8,10-13,18H,5-6,9,14,20H2,1H3. The zero-order chi connectivity index (χ0) is 14.0. The summed E-state index contributed by atoms with van der Waals surface area (Å²) in [5.74, 6) is 0.430. The average Bonchev–Trinajstić information content (AvgIpc) is 2.50. The first-order chi connectivity index (χ1) is 9.70. The molecule has 104 valence electrons. The van der Waals surface area contributed by atoms with Gasteiger partial charge < -0.3 is 5.73 Å². The van der Waals surface area contributed by atoms with Crippen LogP contribution < -0.4 is 5.73 Å². The second kappa shape index (κ2) is 5.41. The SMILES string of the molecule is Cc1ccc(C2CCCCC2(N)c2ccccc2)cc1. The van der Waals surface area contributed by atoms with E-state index in [0.29, 0.717) is 5.92 Å². The van der Waals surface area contributed by atoms with Gasteiger partial charge in [-0.25, -0.2) is 0 Å². The van der Waals surface area contributed by atoms with Crippen molar-refractivity contribution in [2.75, 3.05) is 0 Å². The summed E-state index contributed by atoms with van der Waals surface area (Å²) in [5.41, 5.74) is 10.7. The molecule has 3 rings (SSSR count). The molecule has 0 aromatic heterocycles. The fourth-order valence-corrected chi connectivity index (χ4v) is 3.55. The second-order valence-electron chi connectivity index (χ2n) is 6.12. The lowest BCUT2D eigenvalue weighted by atomic mass is 9.67. The Morgan fingerprint density at radius 1 is 0.950 bits per heavy atom. The molecule has 1 aliphatic rings. The molecule has 1 nitrogen and oxygen atoms in total. The van der Waals surface area contributed by atoms with Gasteiger partial charge in [0.05, 0.1) is 0 Å². The van der Waals surface area contributed by atoms with E-state index in [2.05, 4.69) is 61.5 Å². The van der Waals surface area contributed by atoms with Crippen molar-refractivity contribution in [3.05, 3.63) is 71.3 Å². The number of benzene rings is 2. The molecule has 1 fully saturated rings. The molecular formula is C19H23N. The van der Waals surface area contributed by atoms with Gasteiger partial charge in [0.25, 0.3) is 0 Å². The summed E-state index contributed by atoms with van der Waals surface area (Å²) in [6.45, 7) is 2.14. The van der Waals surface area contributed by atoms with Gasteiger partial charge in [0.2, 0.25) is 0 Å². The van der Waals surface area contributed by atoms with Crippen LogP contribution >= 0.6 is 0 Å². The highest BCUT2D eigenvalue weighted by Gasteiger charge is 2.39. The summed E-state index contributed by atoms with van der Waals surface area (Å²) in [6.07, 6.45) is 4.78. The summed E-state index contributed by atoms with van der Waals surface area (Å²) >= 11 is 0. The molecule has 2 aromatic rings. The van der Waals surface area contributed by atoms with E-state index >= 15 is 0 Å². The lowest BCUT2D eigenvalue weighted by Crippen LogP contribution is -2.44.